The molecule has 16 heavy (non-hydrogen) atoms. The maximum Gasteiger partial charge on any atom is 0.326 e. The first kappa shape index (κ1) is 12.3. The largest absolute Gasteiger partial charge is 0.480 e. The van der Waals surface area contributed by atoms with Crippen LogP contribution in [0.1, 0.15) is 12.1 Å². The second-order valence-electron chi connectivity index (χ2n) is 3.46. The number of hydrogen-bond acceptors (Lipinski definition) is 4. The van der Waals surface area contributed by atoms with Crippen molar-refractivity contribution in [3.05, 3.63) is 30.5 Å². The molecule has 0 fully saturated rings. The second-order valence-corrected chi connectivity index (χ2v) is 3.46. The Morgan fingerprint density at radius 2 is 2.50 bits per heavy atom. The van der Waals surface area contributed by atoms with Crippen LogP contribution in [0.15, 0.2) is 24.8 Å². The van der Waals surface area contributed by atoms with Gasteiger partial charge >= 0.3 is 5.97 Å². The summed E-state index contributed by atoms with van der Waals surface area (Å²) in [7, 11) is 0. The van der Waals surface area contributed by atoms with Gasteiger partial charge in [0.25, 0.3) is 0 Å². The van der Waals surface area contributed by atoms with Crippen LogP contribution in [0.25, 0.3) is 0 Å². The molecular weight excluding hydrogens is 208 g/mol. The number of carbonyl (C=O) groups is 1. The van der Waals surface area contributed by atoms with Gasteiger partial charge in [-0.25, -0.2) is 9.78 Å². The summed E-state index contributed by atoms with van der Waals surface area (Å²) in [6.45, 7) is 4.16. The number of hydrogen-bond donors (Lipinski definition) is 4. The second kappa shape index (κ2) is 5.92. The van der Waals surface area contributed by atoms with E-state index in [1.54, 1.807) is 6.20 Å². The van der Waals surface area contributed by atoms with E-state index < -0.39 is 12.0 Å². The van der Waals surface area contributed by atoms with Crippen LogP contribution in [0.3, 0.4) is 0 Å². The van der Waals surface area contributed by atoms with Crippen LogP contribution >= 0.6 is 0 Å². The Morgan fingerprint density at radius 3 is 3.00 bits per heavy atom. The molecule has 6 heteroatoms. The van der Waals surface area contributed by atoms with E-state index in [0.717, 1.165) is 5.69 Å². The number of aliphatic carboxylic acids is 1. The van der Waals surface area contributed by atoms with E-state index >= 15 is 0 Å². The van der Waals surface area contributed by atoms with Crippen molar-refractivity contribution in [3.63, 3.8) is 0 Å². The maximum absolute atomic E-state index is 11.0. The van der Waals surface area contributed by atoms with Crippen molar-refractivity contribution in [1.82, 2.24) is 15.3 Å². The van der Waals surface area contributed by atoms with Crippen LogP contribution in [-0.2, 0) is 11.2 Å². The normalized spacial score (nSPS) is 12.1. The number of imidazole rings is 1. The minimum atomic E-state index is -0.923. The van der Waals surface area contributed by atoms with Gasteiger partial charge in [-0.2, -0.15) is 0 Å². The topological polar surface area (TPSA) is 104 Å². The zero-order chi connectivity index (χ0) is 12.0. The SMILES string of the molecule is C=C(CCN)NC(Cc1cnc[nH]1)C(=O)O. The molecule has 1 atom stereocenters. The molecule has 0 aliphatic carbocycles. The fourth-order valence-electron chi connectivity index (χ4n) is 1.31. The smallest absolute Gasteiger partial charge is 0.326 e. The van der Waals surface area contributed by atoms with Gasteiger partial charge < -0.3 is 21.1 Å². The first-order valence-corrected chi connectivity index (χ1v) is 4.98. The average molecular weight is 224 g/mol. The van der Waals surface area contributed by atoms with Crippen LogP contribution in [0.2, 0.25) is 0 Å². The third-order valence-corrected chi connectivity index (χ3v) is 2.10. The zero-order valence-corrected chi connectivity index (χ0v) is 8.94. The molecule has 0 amide bonds. The van der Waals surface area contributed by atoms with E-state index in [-0.39, 0.29) is 0 Å². The van der Waals surface area contributed by atoms with Crippen molar-refractivity contribution in [1.29, 1.82) is 0 Å². The molecule has 0 aromatic carbocycles. The standard InChI is InChI=1S/C10H16N4O2/c1-7(2-3-11)14-9(10(15)16)4-8-5-12-6-13-8/h5-6,9,14H,1-4,11H2,(H,12,13)(H,15,16). The number of nitrogens with two attached hydrogens (primary N) is 1. The summed E-state index contributed by atoms with van der Waals surface area (Å²) in [6.07, 6.45) is 4.01. The average Bonchev–Trinajstić information content (AvgIpc) is 2.69. The van der Waals surface area contributed by atoms with Gasteiger partial charge in [0.1, 0.15) is 6.04 Å². The summed E-state index contributed by atoms with van der Waals surface area (Å²) >= 11 is 0. The summed E-state index contributed by atoms with van der Waals surface area (Å²) in [5.41, 5.74) is 6.75. The molecule has 6 nitrogen and oxygen atoms in total. The highest BCUT2D eigenvalue weighted by atomic mass is 16.4. The Morgan fingerprint density at radius 1 is 1.75 bits per heavy atom. The van der Waals surface area contributed by atoms with Crippen molar-refractivity contribution in [3.8, 4) is 0 Å². The highest BCUT2D eigenvalue weighted by Crippen LogP contribution is 2.02. The number of carboxylic acids is 1. The van der Waals surface area contributed by atoms with Gasteiger partial charge in [-0.3, -0.25) is 0 Å². The summed E-state index contributed by atoms with van der Waals surface area (Å²) < 4.78 is 0. The van der Waals surface area contributed by atoms with Crippen LogP contribution in [0, 0.1) is 0 Å². The van der Waals surface area contributed by atoms with Gasteiger partial charge in [-0.15, -0.1) is 0 Å². The maximum atomic E-state index is 11.0. The van der Waals surface area contributed by atoms with Crippen molar-refractivity contribution in [2.75, 3.05) is 6.54 Å². The number of aromatic amines is 1. The summed E-state index contributed by atoms with van der Waals surface area (Å²) in [4.78, 5) is 17.7. The van der Waals surface area contributed by atoms with Crippen molar-refractivity contribution < 1.29 is 9.90 Å². The van der Waals surface area contributed by atoms with Gasteiger partial charge in [0.15, 0.2) is 0 Å². The monoisotopic (exact) mass is 224 g/mol. The predicted molar refractivity (Wildman–Crippen MR) is 59.7 cm³/mol. The van der Waals surface area contributed by atoms with Gasteiger partial charge in [-0.1, -0.05) is 6.58 Å². The summed E-state index contributed by atoms with van der Waals surface area (Å²) in [5, 5.41) is 11.9. The summed E-state index contributed by atoms with van der Waals surface area (Å²) in [5.74, 6) is -0.923. The molecule has 0 saturated carbocycles. The highest BCUT2D eigenvalue weighted by Gasteiger charge is 2.18. The molecule has 0 aliphatic heterocycles. The molecule has 1 aromatic rings. The molecule has 5 N–H and O–H groups in total. The van der Waals surface area contributed by atoms with Gasteiger partial charge in [0.2, 0.25) is 0 Å². The van der Waals surface area contributed by atoms with Gasteiger partial charge in [0.05, 0.1) is 6.33 Å². The van der Waals surface area contributed by atoms with Crippen LogP contribution in [0.4, 0.5) is 0 Å². The van der Waals surface area contributed by atoms with Crippen LogP contribution < -0.4 is 11.1 Å². The lowest BCUT2D eigenvalue weighted by molar-refractivity contribution is -0.139. The minimum absolute atomic E-state index is 0.332. The fraction of sp³-hybridized carbons (Fsp3) is 0.400. The number of aromatic nitrogens is 2. The lowest BCUT2D eigenvalue weighted by Gasteiger charge is -2.16. The molecular formula is C10H16N4O2. The molecule has 0 bridgehead atoms. The van der Waals surface area contributed by atoms with E-state index in [4.69, 9.17) is 10.8 Å². The Kier molecular flexibility index (Phi) is 4.53. The molecule has 0 radical (unpaired) electrons. The molecule has 0 aliphatic rings. The highest BCUT2D eigenvalue weighted by molar-refractivity contribution is 5.74. The molecule has 0 spiro atoms. The minimum Gasteiger partial charge on any atom is -0.480 e. The lowest BCUT2D eigenvalue weighted by Crippen LogP contribution is -2.38. The predicted octanol–water partition coefficient (Wildman–Crippen LogP) is -0.142. The van der Waals surface area contributed by atoms with E-state index in [1.165, 1.54) is 6.33 Å². The van der Waals surface area contributed by atoms with E-state index in [0.29, 0.717) is 25.1 Å². The molecule has 88 valence electrons. The van der Waals surface area contributed by atoms with Crippen molar-refractivity contribution in [2.45, 2.75) is 18.9 Å². The third-order valence-electron chi connectivity index (χ3n) is 2.10. The Labute approximate surface area is 93.6 Å². The number of nitrogens with one attached hydrogen (secondary N) is 2. The Hall–Kier alpha value is -1.82. The first-order valence-electron chi connectivity index (χ1n) is 4.98. The molecule has 1 rings (SSSR count). The van der Waals surface area contributed by atoms with E-state index in [2.05, 4.69) is 21.9 Å². The van der Waals surface area contributed by atoms with Crippen molar-refractivity contribution in [2.24, 2.45) is 5.73 Å². The van der Waals surface area contributed by atoms with Crippen LogP contribution in [0.5, 0.6) is 0 Å². The third kappa shape index (κ3) is 3.74. The first-order chi connectivity index (χ1) is 7.63. The zero-order valence-electron chi connectivity index (χ0n) is 8.94. The van der Waals surface area contributed by atoms with Gasteiger partial charge in [0, 0.05) is 24.0 Å². The fourth-order valence-corrected chi connectivity index (χ4v) is 1.31. The lowest BCUT2D eigenvalue weighted by atomic mass is 10.1. The number of carboxylic acid groups (broad SMARTS) is 1. The summed E-state index contributed by atoms with van der Waals surface area (Å²) in [6, 6.07) is -0.709. The van der Waals surface area contributed by atoms with Crippen molar-refractivity contribution >= 4 is 5.97 Å². The Bertz CT molecular complexity index is 348. The number of rotatable bonds is 7. The molecule has 1 heterocycles. The molecule has 1 aromatic heterocycles. The van der Waals surface area contributed by atoms with E-state index in [1.807, 2.05) is 0 Å². The quantitative estimate of drug-likeness (QED) is 0.516. The van der Waals surface area contributed by atoms with Crippen LogP contribution in [-0.4, -0.2) is 33.6 Å². The van der Waals surface area contributed by atoms with E-state index in [9.17, 15) is 4.79 Å². The molecule has 1 unspecified atom stereocenters. The number of nitrogens with zero attached hydrogens (tertiary/aromatic N) is 1. The molecule has 0 saturated heterocycles. The Balaban J connectivity index is 2.54. The van der Waals surface area contributed by atoms with Gasteiger partial charge in [-0.05, 0) is 13.0 Å². The number of H-pyrrole nitrogens is 1.